The zero-order valence-electron chi connectivity index (χ0n) is 9.65. The summed E-state index contributed by atoms with van der Waals surface area (Å²) in [5.74, 6) is 0.149. The van der Waals surface area contributed by atoms with E-state index in [0.29, 0.717) is 5.13 Å². The molecule has 92 valence electrons. The Kier molecular flexibility index (Phi) is 2.03. The molecular weight excluding hydrogens is 248 g/mol. The number of hydrogen-bond donors (Lipinski definition) is 0. The Bertz CT molecular complexity index is 519. The van der Waals surface area contributed by atoms with E-state index in [9.17, 15) is 9.59 Å². The first-order valence-corrected chi connectivity index (χ1v) is 7.11. The lowest BCUT2D eigenvalue weighted by Gasteiger charge is -2.38. The Morgan fingerprint density at radius 2 is 1.72 bits per heavy atom. The molecule has 5 rings (SSSR count). The quantitative estimate of drug-likeness (QED) is 0.572. The number of carbonyl (C=O) groups excluding carboxylic acids is 2. The van der Waals surface area contributed by atoms with Gasteiger partial charge in [-0.15, -0.1) is 11.3 Å². The van der Waals surface area contributed by atoms with Gasteiger partial charge in [-0.05, 0) is 24.7 Å². The number of fused-ring (bicyclic) bond motifs is 1. The van der Waals surface area contributed by atoms with Gasteiger partial charge < -0.3 is 0 Å². The first-order chi connectivity index (χ1) is 8.77. The fourth-order valence-electron chi connectivity index (χ4n) is 3.59. The minimum absolute atomic E-state index is 0.0426. The summed E-state index contributed by atoms with van der Waals surface area (Å²) in [5, 5.41) is 2.32. The van der Waals surface area contributed by atoms with Crippen LogP contribution in [0.15, 0.2) is 23.7 Å². The molecule has 2 bridgehead atoms. The molecule has 0 aromatic carbocycles. The highest BCUT2D eigenvalue weighted by atomic mass is 32.1. The lowest BCUT2D eigenvalue weighted by atomic mass is 9.63. The van der Waals surface area contributed by atoms with E-state index in [-0.39, 0.29) is 35.5 Å². The van der Waals surface area contributed by atoms with Gasteiger partial charge in [0.05, 0.1) is 11.8 Å². The highest BCUT2D eigenvalue weighted by Gasteiger charge is 2.57. The number of imide groups is 1. The van der Waals surface area contributed by atoms with Crippen LogP contribution in [0.2, 0.25) is 0 Å². The summed E-state index contributed by atoms with van der Waals surface area (Å²) in [6.45, 7) is 0. The minimum atomic E-state index is -0.134. The Morgan fingerprint density at radius 1 is 1.11 bits per heavy atom. The number of hydrogen-bond acceptors (Lipinski definition) is 4. The van der Waals surface area contributed by atoms with Crippen molar-refractivity contribution in [2.45, 2.75) is 12.8 Å². The van der Waals surface area contributed by atoms with Crippen molar-refractivity contribution in [2.75, 3.05) is 4.90 Å². The number of rotatable bonds is 1. The van der Waals surface area contributed by atoms with E-state index in [2.05, 4.69) is 17.1 Å². The fraction of sp³-hybridized carbons (Fsp3) is 0.462. The standard InChI is InChI=1S/C13H12N2O2S/c16-11-9-7-1-2-8(4-3-7)10(9)12(17)15(11)13-14-5-6-18-13/h1-2,5-10H,3-4H2/t7-,8-,9-,10-/m0/s1. The SMILES string of the molecule is O=C1[C@@H]2[C@@H](C(=O)N1c1nccs1)[C@H]1C=C[C@H]2CC1. The monoisotopic (exact) mass is 260 g/mol. The van der Waals surface area contributed by atoms with Gasteiger partial charge >= 0.3 is 0 Å². The van der Waals surface area contributed by atoms with Gasteiger partial charge in [-0.1, -0.05) is 12.2 Å². The van der Waals surface area contributed by atoms with Crippen LogP contribution in [0.3, 0.4) is 0 Å². The predicted octanol–water partition coefficient (Wildman–Crippen LogP) is 1.84. The first-order valence-electron chi connectivity index (χ1n) is 6.23. The maximum atomic E-state index is 12.5. The van der Waals surface area contributed by atoms with Crippen LogP contribution in [0.4, 0.5) is 5.13 Å². The first kappa shape index (κ1) is 10.4. The van der Waals surface area contributed by atoms with Crippen molar-refractivity contribution in [2.24, 2.45) is 23.7 Å². The normalized spacial score (nSPS) is 37.4. The number of carbonyl (C=O) groups is 2. The molecule has 2 fully saturated rings. The second-order valence-electron chi connectivity index (χ2n) is 5.17. The third-order valence-corrected chi connectivity index (χ3v) is 5.13. The Morgan fingerprint density at radius 3 is 2.17 bits per heavy atom. The van der Waals surface area contributed by atoms with Crippen molar-refractivity contribution in [3.8, 4) is 0 Å². The summed E-state index contributed by atoms with van der Waals surface area (Å²) in [6, 6.07) is 0. The van der Waals surface area contributed by atoms with Crippen LogP contribution < -0.4 is 4.90 Å². The van der Waals surface area contributed by atoms with Crippen LogP contribution in [0.25, 0.3) is 0 Å². The average molecular weight is 260 g/mol. The predicted molar refractivity (Wildman–Crippen MR) is 66.9 cm³/mol. The highest BCUT2D eigenvalue weighted by molar-refractivity contribution is 7.14. The molecule has 1 saturated heterocycles. The van der Waals surface area contributed by atoms with Gasteiger partial charge in [-0.2, -0.15) is 0 Å². The van der Waals surface area contributed by atoms with Gasteiger partial charge in [-0.3, -0.25) is 9.59 Å². The van der Waals surface area contributed by atoms with E-state index in [1.54, 1.807) is 11.6 Å². The molecule has 1 aliphatic heterocycles. The number of anilines is 1. The zero-order chi connectivity index (χ0) is 12.3. The third-order valence-electron chi connectivity index (χ3n) is 4.37. The van der Waals surface area contributed by atoms with E-state index in [4.69, 9.17) is 0 Å². The number of thiazole rings is 1. The molecule has 0 unspecified atom stereocenters. The minimum Gasteiger partial charge on any atom is -0.274 e. The van der Waals surface area contributed by atoms with Crippen LogP contribution in [-0.2, 0) is 9.59 Å². The molecule has 3 aliphatic carbocycles. The van der Waals surface area contributed by atoms with E-state index in [1.807, 2.05) is 0 Å². The molecule has 0 radical (unpaired) electrons. The molecule has 4 atom stereocenters. The zero-order valence-corrected chi connectivity index (χ0v) is 10.5. The van der Waals surface area contributed by atoms with E-state index < -0.39 is 0 Å². The summed E-state index contributed by atoms with van der Waals surface area (Å²) in [4.78, 5) is 30.4. The molecule has 4 aliphatic rings. The fourth-order valence-corrected chi connectivity index (χ4v) is 4.24. The van der Waals surface area contributed by atoms with Crippen LogP contribution in [0.5, 0.6) is 0 Å². The van der Waals surface area contributed by atoms with Gasteiger partial charge in [-0.25, -0.2) is 9.88 Å². The summed E-state index contributed by atoms with van der Waals surface area (Å²) >= 11 is 1.35. The van der Waals surface area contributed by atoms with E-state index in [0.717, 1.165) is 12.8 Å². The molecule has 1 saturated carbocycles. The Labute approximate surface area is 108 Å². The molecule has 1 aromatic heterocycles. The number of nitrogens with zero attached hydrogens (tertiary/aromatic N) is 2. The topological polar surface area (TPSA) is 50.3 Å². The molecule has 18 heavy (non-hydrogen) atoms. The van der Waals surface area contributed by atoms with Crippen molar-refractivity contribution in [3.05, 3.63) is 23.7 Å². The van der Waals surface area contributed by atoms with Crippen molar-refractivity contribution in [1.82, 2.24) is 4.98 Å². The number of aromatic nitrogens is 1. The molecular formula is C13H12N2O2S. The smallest absolute Gasteiger partial charge is 0.240 e. The van der Waals surface area contributed by atoms with Crippen LogP contribution in [0.1, 0.15) is 12.8 Å². The van der Waals surface area contributed by atoms with Gasteiger partial charge in [0.25, 0.3) is 0 Å². The van der Waals surface area contributed by atoms with Gasteiger partial charge in [0.1, 0.15) is 0 Å². The van der Waals surface area contributed by atoms with E-state index >= 15 is 0 Å². The summed E-state index contributed by atoms with van der Waals surface area (Å²) in [5.41, 5.74) is 0. The van der Waals surface area contributed by atoms with Crippen LogP contribution in [0, 0.1) is 23.7 Å². The van der Waals surface area contributed by atoms with Crippen molar-refractivity contribution in [1.29, 1.82) is 0 Å². The number of amides is 2. The molecule has 2 heterocycles. The summed E-state index contributed by atoms with van der Waals surface area (Å²) in [7, 11) is 0. The van der Waals surface area contributed by atoms with Gasteiger partial charge in [0.15, 0.2) is 5.13 Å². The summed E-state index contributed by atoms with van der Waals surface area (Å²) in [6.07, 6.45) is 7.97. The second kappa shape index (κ2) is 3.51. The van der Waals surface area contributed by atoms with Crippen molar-refractivity contribution < 1.29 is 9.59 Å². The molecule has 4 nitrogen and oxygen atoms in total. The largest absolute Gasteiger partial charge is 0.274 e. The molecule has 0 spiro atoms. The Hall–Kier alpha value is -1.49. The van der Waals surface area contributed by atoms with Crippen LogP contribution in [-0.4, -0.2) is 16.8 Å². The van der Waals surface area contributed by atoms with Crippen molar-refractivity contribution >= 4 is 28.3 Å². The average Bonchev–Trinajstić information content (AvgIpc) is 3.00. The van der Waals surface area contributed by atoms with Gasteiger partial charge in [0.2, 0.25) is 11.8 Å². The lowest BCUT2D eigenvalue weighted by molar-refractivity contribution is -0.124. The Balaban J connectivity index is 1.79. The molecule has 2 amide bonds. The maximum Gasteiger partial charge on any atom is 0.240 e. The molecule has 5 heteroatoms. The van der Waals surface area contributed by atoms with Crippen molar-refractivity contribution in [3.63, 3.8) is 0 Å². The third kappa shape index (κ3) is 1.17. The molecule has 0 N–H and O–H groups in total. The number of allylic oxidation sites excluding steroid dienone is 2. The van der Waals surface area contributed by atoms with Crippen LogP contribution >= 0.6 is 11.3 Å². The summed E-state index contributed by atoms with van der Waals surface area (Å²) < 4.78 is 0. The maximum absolute atomic E-state index is 12.5. The lowest BCUT2D eigenvalue weighted by Crippen LogP contribution is -2.38. The van der Waals surface area contributed by atoms with E-state index in [1.165, 1.54) is 16.2 Å². The molecule has 1 aromatic rings. The van der Waals surface area contributed by atoms with Gasteiger partial charge in [0, 0.05) is 11.6 Å². The highest BCUT2D eigenvalue weighted by Crippen LogP contribution is 2.50. The second-order valence-corrected chi connectivity index (χ2v) is 6.04.